The molecule has 0 aromatic carbocycles. The lowest BCUT2D eigenvalue weighted by Gasteiger charge is -2.22. The van der Waals surface area contributed by atoms with Crippen LogP contribution in [0.5, 0.6) is 0 Å². The summed E-state index contributed by atoms with van der Waals surface area (Å²) in [5.74, 6) is 0. The lowest BCUT2D eigenvalue weighted by atomic mass is 9.96. The summed E-state index contributed by atoms with van der Waals surface area (Å²) in [6.07, 6.45) is 8.14. The minimum Gasteiger partial charge on any atom is -0.352 e. The number of hydrogen-bond donors (Lipinski definition) is 2. The molecule has 1 fully saturated rings. The van der Waals surface area contributed by atoms with Crippen LogP contribution in [-0.2, 0) is 23.6 Å². The Hall–Kier alpha value is -0.850. The van der Waals surface area contributed by atoms with E-state index in [-0.39, 0.29) is 6.04 Å². The van der Waals surface area contributed by atoms with Crippen molar-refractivity contribution in [3.05, 3.63) is 18.0 Å². The van der Waals surface area contributed by atoms with E-state index < -0.39 is 10.0 Å². The highest BCUT2D eigenvalue weighted by Crippen LogP contribution is 2.20. The van der Waals surface area contributed by atoms with E-state index in [0.717, 1.165) is 44.3 Å². The summed E-state index contributed by atoms with van der Waals surface area (Å²) in [5.41, 5.74) is 0.993. The SMILES string of the molecule is CCCNCc1cc(S(=O)(=O)NC2CCCCC2)cn1C. The molecule has 120 valence electrons. The molecule has 0 bridgehead atoms. The van der Waals surface area contributed by atoms with Crippen LogP contribution in [0.3, 0.4) is 0 Å². The number of sulfonamides is 1. The Kier molecular flexibility index (Phi) is 5.84. The van der Waals surface area contributed by atoms with Crippen LogP contribution in [0.1, 0.15) is 51.1 Å². The first-order chi connectivity index (χ1) is 10.0. The fourth-order valence-electron chi connectivity index (χ4n) is 2.80. The summed E-state index contributed by atoms with van der Waals surface area (Å²) in [5, 5.41) is 3.30. The molecular formula is C15H27N3O2S. The van der Waals surface area contributed by atoms with Gasteiger partial charge in [0, 0.05) is 31.5 Å². The molecule has 0 spiro atoms. The maximum absolute atomic E-state index is 12.5. The molecule has 6 heteroatoms. The first kappa shape index (κ1) is 16.5. The van der Waals surface area contributed by atoms with E-state index in [1.54, 1.807) is 12.3 Å². The third kappa shape index (κ3) is 4.56. The minimum atomic E-state index is -3.39. The van der Waals surface area contributed by atoms with Crippen LogP contribution in [-0.4, -0.2) is 25.6 Å². The minimum absolute atomic E-state index is 0.102. The van der Waals surface area contributed by atoms with Crippen molar-refractivity contribution in [2.75, 3.05) is 6.54 Å². The van der Waals surface area contributed by atoms with E-state index >= 15 is 0 Å². The van der Waals surface area contributed by atoms with Crippen LogP contribution in [0.15, 0.2) is 17.2 Å². The normalized spacial score (nSPS) is 17.2. The van der Waals surface area contributed by atoms with Crippen molar-refractivity contribution >= 4 is 10.0 Å². The van der Waals surface area contributed by atoms with Gasteiger partial charge >= 0.3 is 0 Å². The molecule has 2 N–H and O–H groups in total. The van der Waals surface area contributed by atoms with Gasteiger partial charge in [0.25, 0.3) is 0 Å². The molecule has 21 heavy (non-hydrogen) atoms. The molecule has 1 aliphatic rings. The van der Waals surface area contributed by atoms with Crippen LogP contribution in [0, 0.1) is 0 Å². The zero-order chi connectivity index (χ0) is 15.3. The number of aryl methyl sites for hydroxylation is 1. The number of hydrogen-bond acceptors (Lipinski definition) is 3. The Morgan fingerprint density at radius 2 is 2.00 bits per heavy atom. The maximum atomic E-state index is 12.5. The highest BCUT2D eigenvalue weighted by molar-refractivity contribution is 7.89. The van der Waals surface area contributed by atoms with E-state index in [9.17, 15) is 8.42 Å². The van der Waals surface area contributed by atoms with Crippen molar-refractivity contribution in [3.8, 4) is 0 Å². The topological polar surface area (TPSA) is 63.1 Å². The molecule has 5 nitrogen and oxygen atoms in total. The zero-order valence-electron chi connectivity index (χ0n) is 13.1. The van der Waals surface area contributed by atoms with Gasteiger partial charge in [0.15, 0.2) is 0 Å². The molecule has 1 aliphatic carbocycles. The van der Waals surface area contributed by atoms with Gasteiger partial charge < -0.3 is 9.88 Å². The van der Waals surface area contributed by atoms with Gasteiger partial charge in [0.1, 0.15) is 0 Å². The van der Waals surface area contributed by atoms with Crippen molar-refractivity contribution in [2.45, 2.75) is 62.9 Å². The maximum Gasteiger partial charge on any atom is 0.242 e. The lowest BCUT2D eigenvalue weighted by molar-refractivity contribution is 0.412. The Bertz CT molecular complexity index is 545. The van der Waals surface area contributed by atoms with E-state index in [4.69, 9.17) is 0 Å². The molecule has 2 rings (SSSR count). The predicted molar refractivity (Wildman–Crippen MR) is 84.6 cm³/mol. The molecule has 1 aromatic heterocycles. The summed E-state index contributed by atoms with van der Waals surface area (Å²) >= 11 is 0. The van der Waals surface area contributed by atoms with Gasteiger partial charge in [-0.2, -0.15) is 0 Å². The molecule has 1 saturated carbocycles. The fourth-order valence-corrected chi connectivity index (χ4v) is 4.20. The van der Waals surface area contributed by atoms with Crippen molar-refractivity contribution in [1.82, 2.24) is 14.6 Å². The van der Waals surface area contributed by atoms with Gasteiger partial charge in [-0.3, -0.25) is 0 Å². The van der Waals surface area contributed by atoms with Crippen molar-refractivity contribution in [1.29, 1.82) is 0 Å². The van der Waals surface area contributed by atoms with E-state index in [1.165, 1.54) is 6.42 Å². The third-order valence-electron chi connectivity index (χ3n) is 4.05. The van der Waals surface area contributed by atoms with Gasteiger partial charge in [-0.15, -0.1) is 0 Å². The lowest BCUT2D eigenvalue weighted by Crippen LogP contribution is -2.36. The van der Waals surface area contributed by atoms with E-state index in [0.29, 0.717) is 11.4 Å². The van der Waals surface area contributed by atoms with Crippen molar-refractivity contribution in [3.63, 3.8) is 0 Å². The summed E-state index contributed by atoms with van der Waals surface area (Å²) in [7, 11) is -1.50. The molecule has 1 aromatic rings. The summed E-state index contributed by atoms with van der Waals surface area (Å²) in [6.45, 7) is 3.75. The second-order valence-corrected chi connectivity index (χ2v) is 7.63. The number of aromatic nitrogens is 1. The number of nitrogens with zero attached hydrogens (tertiary/aromatic N) is 1. The highest BCUT2D eigenvalue weighted by atomic mass is 32.2. The van der Waals surface area contributed by atoms with Crippen LogP contribution in [0.4, 0.5) is 0 Å². The van der Waals surface area contributed by atoms with Crippen molar-refractivity contribution < 1.29 is 8.42 Å². The Morgan fingerprint density at radius 1 is 1.29 bits per heavy atom. The third-order valence-corrected chi connectivity index (χ3v) is 5.54. The van der Waals surface area contributed by atoms with E-state index in [1.807, 2.05) is 11.6 Å². The Balaban J connectivity index is 2.03. The molecule has 0 aliphatic heterocycles. The fraction of sp³-hybridized carbons (Fsp3) is 0.733. The summed E-state index contributed by atoms with van der Waals surface area (Å²) in [4.78, 5) is 0.379. The quantitative estimate of drug-likeness (QED) is 0.758. The first-order valence-electron chi connectivity index (χ1n) is 7.91. The zero-order valence-corrected chi connectivity index (χ0v) is 13.9. The van der Waals surface area contributed by atoms with Crippen LogP contribution < -0.4 is 10.0 Å². The highest BCUT2D eigenvalue weighted by Gasteiger charge is 2.23. The second kappa shape index (κ2) is 7.42. The second-order valence-electron chi connectivity index (χ2n) is 5.91. The summed E-state index contributed by atoms with van der Waals surface area (Å²) < 4.78 is 29.6. The molecule has 0 radical (unpaired) electrons. The predicted octanol–water partition coefficient (Wildman–Crippen LogP) is 2.14. The average molecular weight is 313 g/mol. The standard InChI is InChI=1S/C15H27N3O2S/c1-3-9-16-11-14-10-15(12-18(14)2)21(19,20)17-13-7-5-4-6-8-13/h10,12-13,16-17H,3-9,11H2,1-2H3. The molecule has 0 amide bonds. The van der Waals surface area contributed by atoms with Crippen LogP contribution in [0.2, 0.25) is 0 Å². The van der Waals surface area contributed by atoms with Gasteiger partial charge in [0.2, 0.25) is 10.0 Å². The van der Waals surface area contributed by atoms with Crippen LogP contribution >= 0.6 is 0 Å². The van der Waals surface area contributed by atoms with Gasteiger partial charge in [-0.05, 0) is 31.9 Å². The smallest absolute Gasteiger partial charge is 0.242 e. The molecule has 0 atom stereocenters. The first-order valence-corrected chi connectivity index (χ1v) is 9.39. The largest absolute Gasteiger partial charge is 0.352 e. The molecule has 1 heterocycles. The monoisotopic (exact) mass is 313 g/mol. The summed E-state index contributed by atoms with van der Waals surface area (Å²) in [6, 6.07) is 1.87. The molecular weight excluding hydrogens is 286 g/mol. The van der Waals surface area contributed by atoms with E-state index in [2.05, 4.69) is 17.0 Å². The Labute approximate surface area is 128 Å². The van der Waals surface area contributed by atoms with Gasteiger partial charge in [-0.1, -0.05) is 26.2 Å². The Morgan fingerprint density at radius 3 is 2.67 bits per heavy atom. The number of nitrogens with one attached hydrogen (secondary N) is 2. The molecule has 0 unspecified atom stereocenters. The van der Waals surface area contributed by atoms with Crippen LogP contribution in [0.25, 0.3) is 0 Å². The number of rotatable bonds is 7. The molecule has 0 saturated heterocycles. The van der Waals surface area contributed by atoms with Gasteiger partial charge in [0.05, 0.1) is 4.90 Å². The average Bonchev–Trinajstić information content (AvgIpc) is 2.82. The van der Waals surface area contributed by atoms with Gasteiger partial charge in [-0.25, -0.2) is 13.1 Å². The van der Waals surface area contributed by atoms with Crippen molar-refractivity contribution in [2.24, 2.45) is 7.05 Å².